The van der Waals surface area contributed by atoms with Crippen molar-refractivity contribution in [2.45, 2.75) is 12.1 Å². The van der Waals surface area contributed by atoms with Gasteiger partial charge in [-0.1, -0.05) is 66.7 Å². The summed E-state index contributed by atoms with van der Waals surface area (Å²) < 4.78 is 0. The van der Waals surface area contributed by atoms with Crippen LogP contribution in [-0.4, -0.2) is 40.5 Å². The number of amides is 1. The van der Waals surface area contributed by atoms with Crippen molar-refractivity contribution < 1.29 is 9.90 Å². The molecule has 1 saturated heterocycles. The predicted octanol–water partition coefficient (Wildman–Crippen LogP) is 2.39. The molecule has 1 aromatic heterocycles. The third-order valence-corrected chi connectivity index (χ3v) is 6.87. The van der Waals surface area contributed by atoms with Crippen LogP contribution in [0.4, 0.5) is 5.82 Å². The molecule has 0 bridgehead atoms. The lowest BCUT2D eigenvalue weighted by molar-refractivity contribution is -0.136. The van der Waals surface area contributed by atoms with Crippen LogP contribution >= 0.6 is 0 Å². The van der Waals surface area contributed by atoms with Gasteiger partial charge in [0.2, 0.25) is 0 Å². The number of nitrogens with two attached hydrogens (primary N) is 1. The van der Waals surface area contributed by atoms with Gasteiger partial charge in [-0.05, 0) is 41.0 Å². The Morgan fingerprint density at radius 2 is 1.56 bits per heavy atom. The first kappa shape index (κ1) is 20.7. The van der Waals surface area contributed by atoms with Gasteiger partial charge in [0.15, 0.2) is 5.60 Å². The summed E-state index contributed by atoms with van der Waals surface area (Å²) in [5.41, 5.74) is 6.21. The van der Waals surface area contributed by atoms with Crippen molar-refractivity contribution in [3.05, 3.63) is 95.7 Å². The van der Waals surface area contributed by atoms with E-state index < -0.39 is 5.60 Å². The fourth-order valence-corrected chi connectivity index (χ4v) is 5.11. The first-order valence-corrected chi connectivity index (χ1v) is 11.1. The van der Waals surface area contributed by atoms with Crippen molar-refractivity contribution in [2.24, 2.45) is 17.8 Å². The summed E-state index contributed by atoms with van der Waals surface area (Å²) in [6.45, 7) is 3.39. The van der Waals surface area contributed by atoms with E-state index in [0.29, 0.717) is 41.2 Å². The smallest absolute Gasteiger partial charge is 0.261 e. The number of nitrogens with one attached hydrogen (secondary N) is 1. The zero-order valence-corrected chi connectivity index (χ0v) is 17.9. The Hall–Kier alpha value is -3.22. The number of hydrogen-bond acceptors (Lipinski definition) is 5. The van der Waals surface area contributed by atoms with Gasteiger partial charge in [-0.3, -0.25) is 9.69 Å². The number of nitrogen functional groups attached to an aromatic ring is 1. The van der Waals surface area contributed by atoms with Crippen LogP contribution in [0.25, 0.3) is 0 Å². The van der Waals surface area contributed by atoms with Gasteiger partial charge < -0.3 is 16.2 Å². The molecule has 2 fully saturated rings. The maximum absolute atomic E-state index is 13.3. The molecule has 2 aromatic carbocycles. The molecule has 2 aliphatic rings. The minimum Gasteiger partial charge on any atom is -0.384 e. The second kappa shape index (κ2) is 8.37. The average Bonchev–Trinajstić information content (AvgIpc) is 3.28. The van der Waals surface area contributed by atoms with Crippen LogP contribution < -0.4 is 11.1 Å². The standard InChI is InChI=1S/C26H28N4O2/c27-24-13-7-12-20(29-24)15-30-16-22-21(23(22)17-30)14-28-25(31)26(32,18-8-3-1-4-9-18)19-10-5-2-6-11-19/h1-13,21-23,32H,14-17H2,(H2,27,29)(H,28,31). The van der Waals surface area contributed by atoms with Gasteiger partial charge in [-0.15, -0.1) is 0 Å². The van der Waals surface area contributed by atoms with E-state index in [-0.39, 0.29) is 5.91 Å². The van der Waals surface area contributed by atoms with Gasteiger partial charge in [0.1, 0.15) is 5.82 Å². The highest BCUT2D eigenvalue weighted by atomic mass is 16.3. The second-order valence-electron chi connectivity index (χ2n) is 8.89. The molecule has 164 valence electrons. The summed E-state index contributed by atoms with van der Waals surface area (Å²) in [4.78, 5) is 20.1. The molecule has 1 aliphatic heterocycles. The number of benzene rings is 2. The highest BCUT2D eigenvalue weighted by Gasteiger charge is 2.55. The number of pyridine rings is 1. The lowest BCUT2D eigenvalue weighted by Crippen LogP contribution is -2.46. The van der Waals surface area contributed by atoms with Crippen LogP contribution in [-0.2, 0) is 16.9 Å². The maximum atomic E-state index is 13.3. The Morgan fingerprint density at radius 3 is 2.12 bits per heavy atom. The SMILES string of the molecule is Nc1cccc(CN2CC3C(CNC(=O)C(O)(c4ccccc4)c4ccccc4)C3C2)n1. The van der Waals surface area contributed by atoms with Gasteiger partial charge in [-0.25, -0.2) is 4.98 Å². The maximum Gasteiger partial charge on any atom is 0.261 e. The number of carbonyl (C=O) groups is 1. The highest BCUT2D eigenvalue weighted by molar-refractivity contribution is 5.90. The first-order valence-electron chi connectivity index (χ1n) is 11.1. The quantitative estimate of drug-likeness (QED) is 0.538. The van der Waals surface area contributed by atoms with Gasteiger partial charge in [0.25, 0.3) is 5.91 Å². The fraction of sp³-hybridized carbons (Fsp3) is 0.308. The number of anilines is 1. The molecule has 1 saturated carbocycles. The molecule has 2 unspecified atom stereocenters. The lowest BCUT2D eigenvalue weighted by atomic mass is 9.85. The summed E-state index contributed by atoms with van der Waals surface area (Å²) in [5.74, 6) is 1.80. The van der Waals surface area contributed by atoms with Crippen LogP contribution in [0.1, 0.15) is 16.8 Å². The van der Waals surface area contributed by atoms with Crippen LogP contribution in [0.2, 0.25) is 0 Å². The molecule has 4 N–H and O–H groups in total. The monoisotopic (exact) mass is 428 g/mol. The Labute approximate surface area is 188 Å². The zero-order valence-electron chi connectivity index (χ0n) is 17.9. The Balaban J connectivity index is 1.21. The van der Waals surface area contributed by atoms with E-state index in [1.807, 2.05) is 48.5 Å². The van der Waals surface area contributed by atoms with Gasteiger partial charge >= 0.3 is 0 Å². The molecule has 32 heavy (non-hydrogen) atoms. The minimum absolute atomic E-state index is 0.374. The Kier molecular flexibility index (Phi) is 5.41. The minimum atomic E-state index is -1.71. The fourth-order valence-electron chi connectivity index (χ4n) is 5.11. The molecule has 2 atom stereocenters. The van der Waals surface area contributed by atoms with E-state index in [9.17, 15) is 9.90 Å². The van der Waals surface area contributed by atoms with E-state index >= 15 is 0 Å². The number of nitrogens with zero attached hydrogens (tertiary/aromatic N) is 2. The first-order chi connectivity index (χ1) is 15.6. The second-order valence-corrected chi connectivity index (χ2v) is 8.89. The number of carbonyl (C=O) groups excluding carboxylic acids is 1. The molecule has 6 nitrogen and oxygen atoms in total. The normalized spacial score (nSPS) is 22.3. The number of rotatable bonds is 7. The summed E-state index contributed by atoms with van der Waals surface area (Å²) in [7, 11) is 0. The van der Waals surface area contributed by atoms with Crippen LogP contribution in [0.3, 0.4) is 0 Å². The van der Waals surface area contributed by atoms with Gasteiger partial charge in [0, 0.05) is 26.2 Å². The summed E-state index contributed by atoms with van der Waals surface area (Å²) in [5, 5.41) is 14.6. The third kappa shape index (κ3) is 3.87. The number of aliphatic hydroxyl groups is 1. The van der Waals surface area contributed by atoms with Crippen LogP contribution in [0.5, 0.6) is 0 Å². The molecule has 3 aromatic rings. The number of likely N-dealkylation sites (tertiary alicyclic amines) is 1. The predicted molar refractivity (Wildman–Crippen MR) is 123 cm³/mol. The zero-order chi connectivity index (χ0) is 22.1. The third-order valence-electron chi connectivity index (χ3n) is 6.87. The van der Waals surface area contributed by atoms with Gasteiger partial charge in [-0.2, -0.15) is 0 Å². The van der Waals surface area contributed by atoms with Crippen LogP contribution in [0.15, 0.2) is 78.9 Å². The molecule has 1 amide bonds. The van der Waals surface area contributed by atoms with Crippen molar-refractivity contribution >= 4 is 11.7 Å². The number of fused-ring (bicyclic) bond motifs is 1. The van der Waals surface area contributed by atoms with Gasteiger partial charge in [0.05, 0.1) is 5.69 Å². The van der Waals surface area contributed by atoms with Crippen molar-refractivity contribution in [2.75, 3.05) is 25.4 Å². The lowest BCUT2D eigenvalue weighted by Gasteiger charge is -2.28. The number of aromatic nitrogens is 1. The molecule has 2 heterocycles. The van der Waals surface area contributed by atoms with E-state index in [1.54, 1.807) is 30.3 Å². The molecule has 1 aliphatic carbocycles. The van der Waals surface area contributed by atoms with E-state index in [2.05, 4.69) is 15.2 Å². The molecular weight excluding hydrogens is 400 g/mol. The molecule has 5 rings (SSSR count). The Bertz CT molecular complexity index is 1040. The number of piperidine rings is 1. The molecular formula is C26H28N4O2. The summed E-state index contributed by atoms with van der Waals surface area (Å²) in [6, 6.07) is 24.0. The molecule has 0 spiro atoms. The number of hydrogen-bond donors (Lipinski definition) is 3. The van der Waals surface area contributed by atoms with Crippen molar-refractivity contribution in [1.82, 2.24) is 15.2 Å². The molecule has 0 radical (unpaired) electrons. The highest BCUT2D eigenvalue weighted by Crippen LogP contribution is 2.51. The van der Waals surface area contributed by atoms with E-state index in [4.69, 9.17) is 5.73 Å². The molecule has 6 heteroatoms. The van der Waals surface area contributed by atoms with Crippen molar-refractivity contribution in [3.63, 3.8) is 0 Å². The van der Waals surface area contributed by atoms with E-state index in [1.165, 1.54) is 0 Å². The Morgan fingerprint density at radius 1 is 0.969 bits per heavy atom. The van der Waals surface area contributed by atoms with E-state index in [0.717, 1.165) is 25.3 Å². The van der Waals surface area contributed by atoms with Crippen LogP contribution in [0, 0.1) is 17.8 Å². The average molecular weight is 429 g/mol. The largest absolute Gasteiger partial charge is 0.384 e. The summed E-state index contributed by atoms with van der Waals surface area (Å²) in [6.07, 6.45) is 0. The van der Waals surface area contributed by atoms with Crippen molar-refractivity contribution in [3.8, 4) is 0 Å². The summed E-state index contributed by atoms with van der Waals surface area (Å²) >= 11 is 0. The van der Waals surface area contributed by atoms with Crippen molar-refractivity contribution in [1.29, 1.82) is 0 Å². The topological polar surface area (TPSA) is 91.5 Å².